The Balaban J connectivity index is 2.54. The molecule has 1 rings (SSSR count). The number of aromatic hydroxyl groups is 1. The van der Waals surface area contributed by atoms with Gasteiger partial charge in [0, 0.05) is 0 Å². The van der Waals surface area contributed by atoms with Crippen LogP contribution in [0, 0.1) is 5.92 Å². The van der Waals surface area contributed by atoms with E-state index in [1.54, 1.807) is 12.1 Å². The lowest BCUT2D eigenvalue weighted by atomic mass is 10.1. The summed E-state index contributed by atoms with van der Waals surface area (Å²) in [5.41, 5.74) is 1.14. The number of rotatable bonds is 3. The molecule has 1 N–H and O–H groups in total. The first-order chi connectivity index (χ1) is 6.18. The van der Waals surface area contributed by atoms with Crippen LogP contribution in [0.4, 0.5) is 0 Å². The van der Waals surface area contributed by atoms with E-state index in [-0.39, 0.29) is 0 Å². The number of hydrogen-bond acceptors (Lipinski definition) is 1. The van der Waals surface area contributed by atoms with Crippen molar-refractivity contribution in [1.82, 2.24) is 0 Å². The second-order valence-electron chi connectivity index (χ2n) is 3.62. The maximum absolute atomic E-state index is 9.05. The van der Waals surface area contributed by atoms with E-state index in [0.29, 0.717) is 11.7 Å². The summed E-state index contributed by atoms with van der Waals surface area (Å²) in [6.07, 6.45) is 5.34. The molecule has 1 aromatic rings. The molecule has 0 saturated heterocycles. The topological polar surface area (TPSA) is 20.2 Å². The first-order valence-electron chi connectivity index (χ1n) is 4.64. The summed E-state index contributed by atoms with van der Waals surface area (Å²) in [4.78, 5) is 0. The molecule has 0 heterocycles. The van der Waals surface area contributed by atoms with Gasteiger partial charge >= 0.3 is 0 Å². The average Bonchev–Trinajstić information content (AvgIpc) is 2.08. The van der Waals surface area contributed by atoms with Gasteiger partial charge in [-0.2, -0.15) is 0 Å². The van der Waals surface area contributed by atoms with E-state index in [2.05, 4.69) is 26.0 Å². The maximum Gasteiger partial charge on any atom is 0.115 e. The molecule has 0 aliphatic rings. The molecular formula is C12H16O. The molecule has 13 heavy (non-hydrogen) atoms. The summed E-state index contributed by atoms with van der Waals surface area (Å²) in [5.74, 6) is 1.02. The quantitative estimate of drug-likeness (QED) is 0.747. The molecule has 0 aliphatic carbocycles. The van der Waals surface area contributed by atoms with Crippen LogP contribution in [0.1, 0.15) is 25.8 Å². The fourth-order valence-electron chi connectivity index (χ4n) is 1.06. The molecule has 0 spiro atoms. The van der Waals surface area contributed by atoms with Gasteiger partial charge in [-0.05, 0) is 30.0 Å². The summed E-state index contributed by atoms with van der Waals surface area (Å²) < 4.78 is 0. The molecule has 0 aromatic heterocycles. The van der Waals surface area contributed by atoms with E-state index in [9.17, 15) is 0 Å². The molecule has 0 unspecified atom stereocenters. The number of phenolic OH excluding ortho intramolecular Hbond substituents is 1. The first kappa shape index (κ1) is 9.85. The van der Waals surface area contributed by atoms with Crippen LogP contribution in [0.5, 0.6) is 5.75 Å². The normalized spacial score (nSPS) is 11.3. The Morgan fingerprint density at radius 1 is 1.23 bits per heavy atom. The molecule has 0 saturated carbocycles. The van der Waals surface area contributed by atoms with Crippen LogP contribution >= 0.6 is 0 Å². The van der Waals surface area contributed by atoms with Crippen LogP contribution in [0.25, 0.3) is 6.08 Å². The van der Waals surface area contributed by atoms with Crippen LogP contribution in [-0.4, -0.2) is 5.11 Å². The highest BCUT2D eigenvalue weighted by Gasteiger charge is 1.89. The molecule has 0 bridgehead atoms. The molecular weight excluding hydrogens is 160 g/mol. The second kappa shape index (κ2) is 4.70. The molecule has 0 fully saturated rings. The minimum atomic E-state index is 0.320. The Morgan fingerprint density at radius 2 is 1.85 bits per heavy atom. The minimum absolute atomic E-state index is 0.320. The van der Waals surface area contributed by atoms with E-state index in [1.165, 1.54) is 0 Å². The molecule has 0 atom stereocenters. The fraction of sp³-hybridized carbons (Fsp3) is 0.333. The molecule has 0 aliphatic heterocycles. The van der Waals surface area contributed by atoms with Crippen LogP contribution in [0.2, 0.25) is 0 Å². The van der Waals surface area contributed by atoms with E-state index < -0.39 is 0 Å². The maximum atomic E-state index is 9.05. The lowest BCUT2D eigenvalue weighted by molar-refractivity contribution is 0.475. The standard InChI is InChI=1S/C12H16O/c1-10(2)4-3-5-11-6-8-12(13)9-7-11/h3,5-10,13H,4H2,1-2H3. The van der Waals surface area contributed by atoms with Gasteiger partial charge in [-0.3, -0.25) is 0 Å². The van der Waals surface area contributed by atoms with Crippen LogP contribution in [-0.2, 0) is 0 Å². The van der Waals surface area contributed by atoms with E-state index in [1.807, 2.05) is 12.1 Å². The van der Waals surface area contributed by atoms with Crippen molar-refractivity contribution in [2.45, 2.75) is 20.3 Å². The first-order valence-corrected chi connectivity index (χ1v) is 4.64. The lowest BCUT2D eigenvalue weighted by Gasteiger charge is -1.97. The van der Waals surface area contributed by atoms with Gasteiger partial charge in [0.1, 0.15) is 5.75 Å². The summed E-state index contributed by atoms with van der Waals surface area (Å²) >= 11 is 0. The summed E-state index contributed by atoms with van der Waals surface area (Å²) in [6, 6.07) is 7.22. The molecule has 1 aromatic carbocycles. The van der Waals surface area contributed by atoms with Gasteiger partial charge in [0.2, 0.25) is 0 Å². The van der Waals surface area contributed by atoms with Crippen molar-refractivity contribution in [2.24, 2.45) is 5.92 Å². The third-order valence-electron chi connectivity index (χ3n) is 1.81. The van der Waals surface area contributed by atoms with E-state index in [4.69, 9.17) is 5.11 Å². The predicted molar refractivity (Wildman–Crippen MR) is 56.6 cm³/mol. The highest BCUT2D eigenvalue weighted by molar-refractivity contribution is 5.50. The smallest absolute Gasteiger partial charge is 0.115 e. The Morgan fingerprint density at radius 3 is 2.38 bits per heavy atom. The van der Waals surface area contributed by atoms with Crippen molar-refractivity contribution >= 4 is 6.08 Å². The molecule has 1 nitrogen and oxygen atoms in total. The molecule has 0 radical (unpaired) electrons. The summed E-state index contributed by atoms with van der Waals surface area (Å²) in [6.45, 7) is 4.39. The van der Waals surface area contributed by atoms with Crippen molar-refractivity contribution in [3.8, 4) is 5.75 Å². The minimum Gasteiger partial charge on any atom is -0.508 e. The highest BCUT2D eigenvalue weighted by atomic mass is 16.3. The Bertz CT molecular complexity index is 270. The monoisotopic (exact) mass is 176 g/mol. The van der Waals surface area contributed by atoms with Crippen LogP contribution in [0.15, 0.2) is 30.3 Å². The van der Waals surface area contributed by atoms with Crippen molar-refractivity contribution in [3.63, 3.8) is 0 Å². The Labute approximate surface area is 79.7 Å². The van der Waals surface area contributed by atoms with Gasteiger partial charge in [-0.1, -0.05) is 38.1 Å². The van der Waals surface area contributed by atoms with Crippen LogP contribution in [0.3, 0.4) is 0 Å². The zero-order valence-electron chi connectivity index (χ0n) is 8.20. The molecule has 1 heteroatoms. The zero-order chi connectivity index (χ0) is 9.68. The largest absolute Gasteiger partial charge is 0.508 e. The third kappa shape index (κ3) is 3.79. The van der Waals surface area contributed by atoms with Gasteiger partial charge in [0.15, 0.2) is 0 Å². The van der Waals surface area contributed by atoms with Crippen molar-refractivity contribution in [1.29, 1.82) is 0 Å². The third-order valence-corrected chi connectivity index (χ3v) is 1.81. The predicted octanol–water partition coefficient (Wildman–Crippen LogP) is 3.45. The van der Waals surface area contributed by atoms with Crippen molar-refractivity contribution in [2.75, 3.05) is 0 Å². The second-order valence-corrected chi connectivity index (χ2v) is 3.62. The highest BCUT2D eigenvalue weighted by Crippen LogP contribution is 2.11. The van der Waals surface area contributed by atoms with Crippen molar-refractivity contribution < 1.29 is 5.11 Å². The Hall–Kier alpha value is -1.24. The van der Waals surface area contributed by atoms with Gasteiger partial charge in [-0.25, -0.2) is 0 Å². The van der Waals surface area contributed by atoms with Gasteiger partial charge < -0.3 is 5.11 Å². The van der Waals surface area contributed by atoms with Crippen LogP contribution < -0.4 is 0 Å². The number of phenols is 1. The summed E-state index contributed by atoms with van der Waals surface area (Å²) in [5, 5.41) is 9.05. The summed E-state index contributed by atoms with van der Waals surface area (Å²) in [7, 11) is 0. The fourth-order valence-corrected chi connectivity index (χ4v) is 1.06. The Kier molecular flexibility index (Phi) is 3.56. The number of allylic oxidation sites excluding steroid dienone is 1. The molecule has 70 valence electrons. The number of benzene rings is 1. The van der Waals surface area contributed by atoms with Gasteiger partial charge in [-0.15, -0.1) is 0 Å². The van der Waals surface area contributed by atoms with Gasteiger partial charge in [0.05, 0.1) is 0 Å². The molecule has 0 amide bonds. The van der Waals surface area contributed by atoms with E-state index in [0.717, 1.165) is 12.0 Å². The van der Waals surface area contributed by atoms with Crippen molar-refractivity contribution in [3.05, 3.63) is 35.9 Å². The average molecular weight is 176 g/mol. The zero-order valence-corrected chi connectivity index (χ0v) is 8.20. The van der Waals surface area contributed by atoms with E-state index >= 15 is 0 Å². The lowest BCUT2D eigenvalue weighted by Crippen LogP contribution is -1.81. The van der Waals surface area contributed by atoms with Gasteiger partial charge in [0.25, 0.3) is 0 Å². The number of hydrogen-bond donors (Lipinski definition) is 1. The SMILES string of the molecule is CC(C)CC=Cc1ccc(O)cc1.